The Morgan fingerprint density at radius 3 is 2.50 bits per heavy atom. The molecule has 6 nitrogen and oxygen atoms in total. The van der Waals surface area contributed by atoms with Crippen LogP contribution in [0.4, 0.5) is 0 Å². The highest BCUT2D eigenvalue weighted by Crippen LogP contribution is 2.28. The van der Waals surface area contributed by atoms with Crippen molar-refractivity contribution in [3.63, 3.8) is 0 Å². The molecule has 0 aliphatic carbocycles. The predicted octanol–water partition coefficient (Wildman–Crippen LogP) is 4.00. The highest BCUT2D eigenvalue weighted by Gasteiger charge is 2.28. The monoisotopic (exact) mass is 469 g/mol. The Morgan fingerprint density at radius 2 is 1.90 bits per heavy atom. The van der Waals surface area contributed by atoms with Gasteiger partial charge in [0.2, 0.25) is 10.0 Å². The van der Waals surface area contributed by atoms with E-state index in [1.54, 1.807) is 17.4 Å². The second kappa shape index (κ2) is 10.2. The van der Waals surface area contributed by atoms with Crippen molar-refractivity contribution < 1.29 is 13.2 Å². The van der Waals surface area contributed by atoms with Crippen molar-refractivity contribution in [1.82, 2.24) is 14.5 Å². The zero-order valence-electron chi connectivity index (χ0n) is 17.3. The van der Waals surface area contributed by atoms with Crippen LogP contribution in [-0.4, -0.2) is 57.3 Å². The third kappa shape index (κ3) is 5.42. The van der Waals surface area contributed by atoms with Crippen LogP contribution in [0.25, 0.3) is 0 Å². The first kappa shape index (κ1) is 23.2. The lowest BCUT2D eigenvalue weighted by molar-refractivity contribution is 0.0942. The van der Waals surface area contributed by atoms with Crippen LogP contribution in [0.1, 0.15) is 47.0 Å². The van der Waals surface area contributed by atoms with Crippen LogP contribution < -0.4 is 5.32 Å². The number of nitrogens with one attached hydrogen (secondary N) is 1. The molecule has 0 spiro atoms. The Labute approximate surface area is 187 Å². The van der Waals surface area contributed by atoms with E-state index in [0.717, 1.165) is 30.6 Å². The molecular formula is C21H28ClN3O3S2. The molecule has 1 saturated heterocycles. The quantitative estimate of drug-likeness (QED) is 0.665. The number of hydrogen-bond donors (Lipinski definition) is 1. The molecule has 3 rings (SSSR count). The van der Waals surface area contributed by atoms with Gasteiger partial charge >= 0.3 is 0 Å². The van der Waals surface area contributed by atoms with Crippen molar-refractivity contribution in [2.75, 3.05) is 33.7 Å². The van der Waals surface area contributed by atoms with Crippen LogP contribution in [0.3, 0.4) is 0 Å². The third-order valence-corrected chi connectivity index (χ3v) is 8.68. The standard InChI is InChI=1S/C21H28ClN3O3S2/c1-24(2)18(19-8-7-13-29-19)15-23-21(26)16-9-10-17(22)20(14-16)30(27,28)25-11-5-3-4-6-12-25/h7-10,13-14,18H,3-6,11-12,15H2,1-2H3,(H,23,26). The van der Waals surface area contributed by atoms with E-state index >= 15 is 0 Å². The topological polar surface area (TPSA) is 69.7 Å². The first-order chi connectivity index (χ1) is 14.3. The van der Waals surface area contributed by atoms with Gasteiger partial charge in [-0.2, -0.15) is 4.31 Å². The Morgan fingerprint density at radius 1 is 1.20 bits per heavy atom. The molecule has 2 aromatic rings. The zero-order valence-corrected chi connectivity index (χ0v) is 19.7. The van der Waals surface area contributed by atoms with Gasteiger partial charge in [-0.25, -0.2) is 8.42 Å². The van der Waals surface area contributed by atoms with Gasteiger partial charge in [-0.1, -0.05) is 30.5 Å². The fourth-order valence-electron chi connectivity index (χ4n) is 3.57. The SMILES string of the molecule is CN(C)C(CNC(=O)c1ccc(Cl)c(S(=O)(=O)N2CCCCCC2)c1)c1cccs1. The third-order valence-electron chi connectivity index (χ3n) is 5.33. The minimum Gasteiger partial charge on any atom is -0.350 e. The highest BCUT2D eigenvalue weighted by atomic mass is 35.5. The molecule has 1 aliphatic heterocycles. The van der Waals surface area contributed by atoms with Gasteiger partial charge in [-0.3, -0.25) is 4.79 Å². The number of benzene rings is 1. The fraction of sp³-hybridized carbons (Fsp3) is 0.476. The summed E-state index contributed by atoms with van der Waals surface area (Å²) in [5.74, 6) is -0.317. The number of rotatable bonds is 7. The number of halogens is 1. The summed E-state index contributed by atoms with van der Waals surface area (Å²) in [7, 11) is 0.189. The lowest BCUT2D eigenvalue weighted by atomic mass is 10.2. The molecule has 1 aromatic carbocycles. The maximum absolute atomic E-state index is 13.2. The van der Waals surface area contributed by atoms with E-state index in [0.29, 0.717) is 19.6 Å². The van der Waals surface area contributed by atoms with E-state index in [2.05, 4.69) is 5.32 Å². The predicted molar refractivity (Wildman–Crippen MR) is 122 cm³/mol. The molecule has 1 aliphatic rings. The van der Waals surface area contributed by atoms with Crippen LogP contribution in [-0.2, 0) is 10.0 Å². The maximum atomic E-state index is 13.2. The van der Waals surface area contributed by atoms with Crippen molar-refractivity contribution in [2.45, 2.75) is 36.6 Å². The number of sulfonamides is 1. The average molecular weight is 470 g/mol. The molecule has 1 atom stereocenters. The van der Waals surface area contributed by atoms with Crippen LogP contribution in [0.15, 0.2) is 40.6 Å². The molecule has 1 aromatic heterocycles. The van der Waals surface area contributed by atoms with Gasteiger partial charge in [0.15, 0.2) is 0 Å². The molecule has 1 amide bonds. The summed E-state index contributed by atoms with van der Waals surface area (Å²) >= 11 is 7.88. The Kier molecular flexibility index (Phi) is 7.92. The van der Waals surface area contributed by atoms with Gasteiger partial charge < -0.3 is 10.2 Å². The summed E-state index contributed by atoms with van der Waals surface area (Å²) in [6.07, 6.45) is 3.73. The minimum atomic E-state index is -3.74. The number of thiophene rings is 1. The largest absolute Gasteiger partial charge is 0.350 e. The van der Waals surface area contributed by atoms with Gasteiger partial charge in [-0.15, -0.1) is 11.3 Å². The molecule has 164 valence electrons. The van der Waals surface area contributed by atoms with Gasteiger partial charge in [0.1, 0.15) is 4.90 Å². The summed E-state index contributed by atoms with van der Waals surface area (Å²) in [6, 6.07) is 8.51. The van der Waals surface area contributed by atoms with Crippen LogP contribution in [0.5, 0.6) is 0 Å². The number of carbonyl (C=O) groups is 1. The molecule has 1 N–H and O–H groups in total. The second-order valence-corrected chi connectivity index (χ2v) is 11.0. The van der Waals surface area contributed by atoms with Crippen LogP contribution >= 0.6 is 22.9 Å². The summed E-state index contributed by atoms with van der Waals surface area (Å²) in [5, 5.41) is 5.08. The first-order valence-electron chi connectivity index (χ1n) is 10.1. The van der Waals surface area contributed by atoms with Gasteiger partial charge in [0.05, 0.1) is 11.1 Å². The van der Waals surface area contributed by atoms with E-state index in [9.17, 15) is 13.2 Å². The van der Waals surface area contributed by atoms with Crippen LogP contribution in [0, 0.1) is 0 Å². The average Bonchev–Trinajstić information content (AvgIpc) is 3.08. The van der Waals surface area contributed by atoms with E-state index in [1.807, 2.05) is 36.5 Å². The van der Waals surface area contributed by atoms with Gasteiger partial charge in [-0.05, 0) is 56.6 Å². The molecule has 0 radical (unpaired) electrons. The lowest BCUT2D eigenvalue weighted by Crippen LogP contribution is -2.34. The molecular weight excluding hydrogens is 442 g/mol. The van der Waals surface area contributed by atoms with E-state index in [1.165, 1.54) is 16.4 Å². The van der Waals surface area contributed by atoms with E-state index < -0.39 is 10.0 Å². The van der Waals surface area contributed by atoms with Gasteiger partial charge in [0.25, 0.3) is 5.91 Å². The number of amides is 1. The normalized spacial score (nSPS) is 16.9. The first-order valence-corrected chi connectivity index (χ1v) is 12.8. The van der Waals surface area contributed by atoms with Crippen molar-refractivity contribution in [3.05, 3.63) is 51.2 Å². The number of hydrogen-bond acceptors (Lipinski definition) is 5. The summed E-state index contributed by atoms with van der Waals surface area (Å²) in [4.78, 5) is 16.0. The van der Waals surface area contributed by atoms with Crippen molar-refractivity contribution in [2.24, 2.45) is 0 Å². The molecule has 1 fully saturated rings. The Bertz CT molecular complexity index is 954. The highest BCUT2D eigenvalue weighted by molar-refractivity contribution is 7.89. The molecule has 9 heteroatoms. The summed E-state index contributed by atoms with van der Waals surface area (Å²) < 4.78 is 27.8. The lowest BCUT2D eigenvalue weighted by Gasteiger charge is -2.24. The second-order valence-electron chi connectivity index (χ2n) is 7.67. The van der Waals surface area contributed by atoms with Crippen LogP contribution in [0.2, 0.25) is 5.02 Å². The van der Waals surface area contributed by atoms with Gasteiger partial charge in [0, 0.05) is 30.1 Å². The van der Waals surface area contributed by atoms with Crippen molar-refractivity contribution in [1.29, 1.82) is 0 Å². The zero-order chi connectivity index (χ0) is 21.7. The Hall–Kier alpha value is -1.45. The van der Waals surface area contributed by atoms with Crippen molar-refractivity contribution >= 4 is 38.9 Å². The molecule has 0 saturated carbocycles. The van der Waals surface area contributed by atoms with E-state index in [4.69, 9.17) is 11.6 Å². The molecule has 2 heterocycles. The Balaban J connectivity index is 1.77. The molecule has 1 unspecified atom stereocenters. The summed E-state index contributed by atoms with van der Waals surface area (Å²) in [6.45, 7) is 1.39. The van der Waals surface area contributed by atoms with Crippen molar-refractivity contribution in [3.8, 4) is 0 Å². The number of carbonyl (C=O) groups excluding carboxylic acids is 1. The maximum Gasteiger partial charge on any atom is 0.251 e. The van der Waals surface area contributed by atoms with E-state index in [-0.39, 0.29) is 27.4 Å². The number of likely N-dealkylation sites (N-methyl/N-ethyl adjacent to an activating group) is 1. The smallest absolute Gasteiger partial charge is 0.251 e. The number of nitrogens with zero attached hydrogens (tertiary/aromatic N) is 2. The molecule has 30 heavy (non-hydrogen) atoms. The summed E-state index contributed by atoms with van der Waals surface area (Å²) in [5.41, 5.74) is 0.288. The fourth-order valence-corrected chi connectivity index (χ4v) is 6.51. The minimum absolute atomic E-state index is 0.00105. The molecule has 0 bridgehead atoms.